The lowest BCUT2D eigenvalue weighted by Gasteiger charge is -2.30. The number of carbonyl (C=O) groups is 1. The van der Waals surface area contributed by atoms with Gasteiger partial charge in [-0.25, -0.2) is 0 Å². The van der Waals surface area contributed by atoms with Crippen LogP contribution in [0.1, 0.15) is 40.8 Å². The molecule has 5 heteroatoms. The lowest BCUT2D eigenvalue weighted by molar-refractivity contribution is -0.132. The second-order valence-corrected chi connectivity index (χ2v) is 6.66. The van der Waals surface area contributed by atoms with E-state index in [0.717, 1.165) is 18.5 Å². The van der Waals surface area contributed by atoms with E-state index in [-0.39, 0.29) is 11.8 Å². The number of carbonyl (C=O) groups excluding carboxylic acids is 1. The van der Waals surface area contributed by atoms with Gasteiger partial charge in [0.05, 0.1) is 5.92 Å². The van der Waals surface area contributed by atoms with Gasteiger partial charge < -0.3 is 9.32 Å². The van der Waals surface area contributed by atoms with Crippen LogP contribution in [-0.4, -0.2) is 27.5 Å². The molecular weight excluding hydrogens is 326 g/mol. The minimum Gasteiger partial charge on any atom is -0.425 e. The molecule has 1 aliphatic rings. The van der Waals surface area contributed by atoms with E-state index >= 15 is 0 Å². The van der Waals surface area contributed by atoms with E-state index in [1.807, 2.05) is 41.3 Å². The van der Waals surface area contributed by atoms with Gasteiger partial charge in [-0.05, 0) is 23.1 Å². The van der Waals surface area contributed by atoms with Crippen LogP contribution in [0.25, 0.3) is 0 Å². The van der Waals surface area contributed by atoms with E-state index in [1.54, 1.807) is 6.92 Å². The molecule has 0 saturated heterocycles. The quantitative estimate of drug-likeness (QED) is 0.725. The Kier molecular flexibility index (Phi) is 4.52. The average molecular weight is 347 g/mol. The van der Waals surface area contributed by atoms with Crippen molar-refractivity contribution in [2.24, 2.45) is 0 Å². The van der Waals surface area contributed by atoms with Crippen LogP contribution in [0.15, 0.2) is 59.0 Å². The molecule has 3 aromatic rings. The average Bonchev–Trinajstić information content (AvgIpc) is 3.12. The molecule has 0 aliphatic carbocycles. The molecule has 2 aromatic carbocycles. The zero-order valence-corrected chi connectivity index (χ0v) is 14.8. The van der Waals surface area contributed by atoms with Crippen LogP contribution in [0.3, 0.4) is 0 Å². The minimum atomic E-state index is -0.220. The Morgan fingerprint density at radius 3 is 2.54 bits per heavy atom. The lowest BCUT2D eigenvalue weighted by atomic mass is 9.94. The molecule has 1 amide bonds. The maximum absolute atomic E-state index is 13.0. The van der Waals surface area contributed by atoms with Crippen LogP contribution < -0.4 is 0 Å². The first-order valence-electron chi connectivity index (χ1n) is 8.90. The zero-order valence-electron chi connectivity index (χ0n) is 14.8. The van der Waals surface area contributed by atoms with E-state index in [2.05, 4.69) is 28.4 Å². The van der Waals surface area contributed by atoms with E-state index in [1.165, 1.54) is 11.1 Å². The molecule has 1 unspecified atom stereocenters. The van der Waals surface area contributed by atoms with Crippen molar-refractivity contribution in [1.82, 2.24) is 15.1 Å². The summed E-state index contributed by atoms with van der Waals surface area (Å²) in [6.45, 7) is 3.18. The number of hydrogen-bond donors (Lipinski definition) is 0. The van der Waals surface area contributed by atoms with Gasteiger partial charge in [0.15, 0.2) is 0 Å². The van der Waals surface area contributed by atoms with Gasteiger partial charge >= 0.3 is 0 Å². The van der Waals surface area contributed by atoms with Gasteiger partial charge in [0.2, 0.25) is 17.7 Å². The summed E-state index contributed by atoms with van der Waals surface area (Å²) in [7, 11) is 0. The van der Waals surface area contributed by atoms with Gasteiger partial charge in [0, 0.05) is 26.4 Å². The van der Waals surface area contributed by atoms with Crippen molar-refractivity contribution in [2.45, 2.75) is 32.2 Å². The molecule has 0 saturated carbocycles. The molecule has 0 fully saturated rings. The van der Waals surface area contributed by atoms with Crippen molar-refractivity contribution in [3.8, 4) is 0 Å². The second kappa shape index (κ2) is 7.12. The highest BCUT2D eigenvalue weighted by Gasteiger charge is 2.27. The first-order chi connectivity index (χ1) is 12.7. The van der Waals surface area contributed by atoms with E-state index in [4.69, 9.17) is 4.42 Å². The summed E-state index contributed by atoms with van der Waals surface area (Å²) in [6.07, 6.45) is 1.23. The molecule has 1 aliphatic heterocycles. The summed E-state index contributed by atoms with van der Waals surface area (Å²) in [5, 5.41) is 8.11. The molecule has 0 N–H and O–H groups in total. The van der Waals surface area contributed by atoms with Crippen molar-refractivity contribution < 1.29 is 9.21 Å². The SMILES string of the molecule is Cc1nnc(C(CC(=O)N2CCc3ccccc3C2)c2ccccc2)o1. The second-order valence-electron chi connectivity index (χ2n) is 6.66. The Bertz CT molecular complexity index is 904. The molecule has 5 nitrogen and oxygen atoms in total. The van der Waals surface area contributed by atoms with Crippen LogP contribution in [0.2, 0.25) is 0 Å². The van der Waals surface area contributed by atoms with Gasteiger partial charge in [-0.1, -0.05) is 54.6 Å². The Morgan fingerprint density at radius 2 is 1.81 bits per heavy atom. The summed E-state index contributed by atoms with van der Waals surface area (Å²) in [5.41, 5.74) is 3.59. The van der Waals surface area contributed by atoms with Gasteiger partial charge in [-0.2, -0.15) is 0 Å². The van der Waals surface area contributed by atoms with Crippen molar-refractivity contribution >= 4 is 5.91 Å². The fraction of sp³-hybridized carbons (Fsp3) is 0.286. The van der Waals surface area contributed by atoms with E-state index < -0.39 is 0 Å². The predicted octanol–water partition coefficient (Wildman–Crippen LogP) is 3.48. The van der Waals surface area contributed by atoms with Crippen LogP contribution in [0, 0.1) is 6.92 Å². The number of nitrogens with zero attached hydrogens (tertiary/aromatic N) is 3. The Labute approximate surface area is 152 Å². The third-order valence-corrected chi connectivity index (χ3v) is 4.90. The summed E-state index contributed by atoms with van der Waals surface area (Å²) in [5.74, 6) is 0.908. The molecule has 26 heavy (non-hydrogen) atoms. The molecule has 0 spiro atoms. The number of aromatic nitrogens is 2. The summed E-state index contributed by atoms with van der Waals surface area (Å²) < 4.78 is 5.65. The number of benzene rings is 2. The highest BCUT2D eigenvalue weighted by atomic mass is 16.4. The molecule has 4 rings (SSSR count). The first-order valence-corrected chi connectivity index (χ1v) is 8.90. The first kappa shape index (κ1) is 16.5. The monoisotopic (exact) mass is 347 g/mol. The van der Waals surface area contributed by atoms with Crippen LogP contribution >= 0.6 is 0 Å². The number of rotatable bonds is 4. The molecule has 1 atom stereocenters. The fourth-order valence-corrected chi connectivity index (χ4v) is 3.50. The minimum absolute atomic E-state index is 0.115. The van der Waals surface area contributed by atoms with E-state index in [9.17, 15) is 4.79 Å². The molecular formula is C21H21N3O2. The highest BCUT2D eigenvalue weighted by molar-refractivity contribution is 5.78. The molecule has 2 heterocycles. The standard InChI is InChI=1S/C21H21N3O2/c1-15-22-23-21(26-15)19(17-8-3-2-4-9-17)13-20(25)24-12-11-16-7-5-6-10-18(16)14-24/h2-10,19H,11-14H2,1H3. The summed E-state index contributed by atoms with van der Waals surface area (Å²) in [4.78, 5) is 14.9. The Morgan fingerprint density at radius 1 is 1.08 bits per heavy atom. The summed E-state index contributed by atoms with van der Waals surface area (Å²) in [6, 6.07) is 18.2. The third-order valence-electron chi connectivity index (χ3n) is 4.90. The van der Waals surface area contributed by atoms with Gasteiger partial charge in [-0.3, -0.25) is 4.79 Å². The number of amides is 1. The van der Waals surface area contributed by atoms with E-state index in [0.29, 0.717) is 24.7 Å². The van der Waals surface area contributed by atoms with Crippen LogP contribution in [0.5, 0.6) is 0 Å². The maximum Gasteiger partial charge on any atom is 0.224 e. The predicted molar refractivity (Wildman–Crippen MR) is 97.5 cm³/mol. The van der Waals surface area contributed by atoms with Crippen LogP contribution in [0.4, 0.5) is 0 Å². The largest absolute Gasteiger partial charge is 0.425 e. The zero-order chi connectivity index (χ0) is 17.9. The molecule has 0 radical (unpaired) electrons. The maximum atomic E-state index is 13.0. The van der Waals surface area contributed by atoms with Gasteiger partial charge in [0.25, 0.3) is 0 Å². The normalized spacial score (nSPS) is 14.7. The Hall–Kier alpha value is -2.95. The Balaban J connectivity index is 1.55. The topological polar surface area (TPSA) is 59.2 Å². The molecule has 0 bridgehead atoms. The number of hydrogen-bond acceptors (Lipinski definition) is 4. The van der Waals surface area contributed by atoms with Crippen molar-refractivity contribution in [1.29, 1.82) is 0 Å². The molecule has 132 valence electrons. The van der Waals surface area contributed by atoms with Crippen molar-refractivity contribution in [2.75, 3.05) is 6.54 Å². The van der Waals surface area contributed by atoms with Gasteiger partial charge in [-0.15, -0.1) is 10.2 Å². The lowest BCUT2D eigenvalue weighted by Crippen LogP contribution is -2.36. The van der Waals surface area contributed by atoms with Gasteiger partial charge in [0.1, 0.15) is 0 Å². The smallest absolute Gasteiger partial charge is 0.224 e. The molecule has 1 aromatic heterocycles. The third kappa shape index (κ3) is 3.38. The number of aryl methyl sites for hydroxylation is 1. The summed E-state index contributed by atoms with van der Waals surface area (Å²) >= 11 is 0. The number of fused-ring (bicyclic) bond motifs is 1. The van der Waals surface area contributed by atoms with Crippen molar-refractivity contribution in [3.05, 3.63) is 83.1 Å². The highest BCUT2D eigenvalue weighted by Crippen LogP contribution is 2.29. The fourth-order valence-electron chi connectivity index (χ4n) is 3.50. The van der Waals surface area contributed by atoms with Crippen molar-refractivity contribution in [3.63, 3.8) is 0 Å². The van der Waals surface area contributed by atoms with Crippen LogP contribution in [-0.2, 0) is 17.8 Å².